The number of nitrogens with zero attached hydrogens (tertiary/aromatic N) is 4. The first-order chi connectivity index (χ1) is 17.4. The Labute approximate surface area is 211 Å². The summed E-state index contributed by atoms with van der Waals surface area (Å²) in [5.41, 5.74) is 0.866. The molecule has 1 fully saturated rings. The van der Waals surface area contributed by atoms with Crippen LogP contribution in [-0.2, 0) is 16.1 Å². The molecule has 0 spiro atoms. The van der Waals surface area contributed by atoms with Crippen molar-refractivity contribution in [1.82, 2.24) is 19.6 Å². The Morgan fingerprint density at radius 3 is 2.78 bits per heavy atom. The number of hydrogen-bond donors (Lipinski definition) is 2. The smallest absolute Gasteiger partial charge is 0.308 e. The van der Waals surface area contributed by atoms with E-state index in [0.717, 1.165) is 12.0 Å². The molecular weight excluding hydrogens is 464 g/mol. The van der Waals surface area contributed by atoms with E-state index in [1.807, 2.05) is 54.1 Å². The highest BCUT2D eigenvalue weighted by molar-refractivity contribution is 5.79. The molecule has 0 saturated carbocycles. The molecule has 1 aromatic carbocycles. The fourth-order valence-corrected chi connectivity index (χ4v) is 5.35. The highest BCUT2D eigenvalue weighted by Crippen LogP contribution is 2.42. The molecule has 2 N–H and O–H groups in total. The second-order valence-corrected chi connectivity index (χ2v) is 9.56. The maximum Gasteiger partial charge on any atom is 0.308 e. The van der Waals surface area contributed by atoms with Crippen LogP contribution in [0.4, 0.5) is 0 Å². The zero-order valence-electron chi connectivity index (χ0n) is 21.0. The molecule has 2 aromatic rings. The van der Waals surface area contributed by atoms with Gasteiger partial charge in [0.05, 0.1) is 12.5 Å². The van der Waals surface area contributed by atoms with E-state index in [2.05, 4.69) is 5.10 Å². The summed E-state index contributed by atoms with van der Waals surface area (Å²) in [6, 6.07) is 7.12. The van der Waals surface area contributed by atoms with Crippen LogP contribution in [0.25, 0.3) is 0 Å². The van der Waals surface area contributed by atoms with E-state index in [1.165, 1.54) is 0 Å². The monoisotopic (exact) mass is 500 g/mol. The van der Waals surface area contributed by atoms with Gasteiger partial charge in [-0.2, -0.15) is 5.10 Å². The number of likely N-dealkylation sites (tertiary alicyclic amines) is 1. The van der Waals surface area contributed by atoms with E-state index in [9.17, 15) is 19.8 Å². The van der Waals surface area contributed by atoms with Gasteiger partial charge in [-0.05, 0) is 49.9 Å². The summed E-state index contributed by atoms with van der Waals surface area (Å²) in [4.78, 5) is 29.9. The molecule has 2 aliphatic rings. The lowest BCUT2D eigenvalue weighted by Gasteiger charge is -2.32. The van der Waals surface area contributed by atoms with E-state index in [1.54, 1.807) is 10.9 Å². The average Bonchev–Trinajstić information content (AvgIpc) is 3.62. The predicted molar refractivity (Wildman–Crippen MR) is 132 cm³/mol. The molecule has 196 valence electrons. The Morgan fingerprint density at radius 1 is 1.28 bits per heavy atom. The standard InChI is InChI=1S/C26H36N4O6/c1-3-18(2)30(11-5-13-31)24(32)16-28-15-20(19-6-7-22-23(14-19)36-17-35-22)25(26(33)34)21(28)8-12-29-10-4-9-27-29/h4,6-7,9-10,14,18,20-21,25,31H,3,5,8,11-13,15-17H2,1-2H3,(H,33,34). The lowest BCUT2D eigenvalue weighted by molar-refractivity contribution is -0.144. The van der Waals surface area contributed by atoms with Gasteiger partial charge < -0.3 is 24.6 Å². The maximum absolute atomic E-state index is 13.5. The molecule has 10 heteroatoms. The van der Waals surface area contributed by atoms with E-state index in [-0.39, 0.29) is 43.9 Å². The van der Waals surface area contributed by atoms with E-state index in [0.29, 0.717) is 44.0 Å². The number of aliphatic carboxylic acids is 1. The molecular formula is C26H36N4O6. The summed E-state index contributed by atoms with van der Waals surface area (Å²) >= 11 is 0. The molecule has 1 aromatic heterocycles. The normalized spacial score (nSPS) is 22.0. The van der Waals surface area contributed by atoms with Gasteiger partial charge in [-0.25, -0.2) is 0 Å². The number of carbonyl (C=O) groups is 2. The van der Waals surface area contributed by atoms with Crippen LogP contribution in [-0.4, -0.2) is 86.8 Å². The van der Waals surface area contributed by atoms with Crippen LogP contribution in [0.3, 0.4) is 0 Å². The summed E-state index contributed by atoms with van der Waals surface area (Å²) in [5.74, 6) is -0.648. The van der Waals surface area contributed by atoms with Gasteiger partial charge in [0.2, 0.25) is 12.7 Å². The van der Waals surface area contributed by atoms with Crippen LogP contribution in [0.2, 0.25) is 0 Å². The number of aromatic nitrogens is 2. The molecule has 4 unspecified atom stereocenters. The number of carbonyl (C=O) groups excluding carboxylic acids is 1. The van der Waals surface area contributed by atoms with Crippen molar-refractivity contribution >= 4 is 11.9 Å². The molecule has 36 heavy (non-hydrogen) atoms. The number of hydrogen-bond acceptors (Lipinski definition) is 7. The fraction of sp³-hybridized carbons (Fsp3) is 0.577. The molecule has 4 atom stereocenters. The molecule has 4 rings (SSSR count). The highest BCUT2D eigenvalue weighted by atomic mass is 16.7. The summed E-state index contributed by atoms with van der Waals surface area (Å²) in [5, 5.41) is 23.9. The van der Waals surface area contributed by atoms with Crippen LogP contribution in [0.5, 0.6) is 11.5 Å². The molecule has 2 aliphatic heterocycles. The Hall–Kier alpha value is -3.11. The zero-order valence-corrected chi connectivity index (χ0v) is 21.0. The van der Waals surface area contributed by atoms with Gasteiger partial charge >= 0.3 is 5.97 Å². The minimum Gasteiger partial charge on any atom is -0.481 e. The van der Waals surface area contributed by atoms with Crippen LogP contribution < -0.4 is 9.47 Å². The van der Waals surface area contributed by atoms with Crippen LogP contribution >= 0.6 is 0 Å². The number of ether oxygens (including phenoxy) is 2. The lowest BCUT2D eigenvalue weighted by Crippen LogP contribution is -2.47. The van der Waals surface area contributed by atoms with Crippen molar-refractivity contribution in [3.05, 3.63) is 42.2 Å². The van der Waals surface area contributed by atoms with Gasteiger partial charge in [0.15, 0.2) is 11.5 Å². The molecule has 1 amide bonds. The van der Waals surface area contributed by atoms with Crippen LogP contribution in [0, 0.1) is 5.92 Å². The average molecular weight is 501 g/mol. The largest absolute Gasteiger partial charge is 0.481 e. The van der Waals surface area contributed by atoms with Crippen molar-refractivity contribution in [2.75, 3.05) is 33.0 Å². The summed E-state index contributed by atoms with van der Waals surface area (Å²) in [6.07, 6.45) is 5.42. The number of amides is 1. The Kier molecular flexibility index (Phi) is 8.48. The third kappa shape index (κ3) is 5.65. The van der Waals surface area contributed by atoms with Crippen molar-refractivity contribution in [3.8, 4) is 11.5 Å². The number of benzene rings is 1. The minimum atomic E-state index is -0.878. The maximum atomic E-state index is 13.5. The molecule has 1 saturated heterocycles. The number of aliphatic hydroxyl groups is 1. The van der Waals surface area contributed by atoms with Crippen LogP contribution in [0.15, 0.2) is 36.7 Å². The SMILES string of the molecule is CCC(C)N(CCCO)C(=O)CN1CC(c2ccc3c(c2)OCO3)C(C(=O)O)C1CCn1cccn1. The Bertz CT molecular complexity index is 1030. The van der Waals surface area contributed by atoms with Gasteiger partial charge in [-0.15, -0.1) is 0 Å². The first-order valence-electron chi connectivity index (χ1n) is 12.7. The highest BCUT2D eigenvalue weighted by Gasteiger charge is 2.47. The molecule has 0 radical (unpaired) electrons. The van der Waals surface area contributed by atoms with Gasteiger partial charge in [0.1, 0.15) is 0 Å². The first-order valence-corrected chi connectivity index (χ1v) is 12.7. The van der Waals surface area contributed by atoms with Gasteiger partial charge in [0.25, 0.3) is 0 Å². The number of rotatable bonds is 12. The summed E-state index contributed by atoms with van der Waals surface area (Å²) in [6.45, 7) is 5.81. The summed E-state index contributed by atoms with van der Waals surface area (Å²) < 4.78 is 12.8. The van der Waals surface area contributed by atoms with Crippen molar-refractivity contribution in [1.29, 1.82) is 0 Å². The number of carboxylic acid groups (broad SMARTS) is 1. The first kappa shape index (κ1) is 26.0. The minimum absolute atomic E-state index is 0.0176. The van der Waals surface area contributed by atoms with Crippen molar-refractivity contribution in [2.24, 2.45) is 5.92 Å². The second-order valence-electron chi connectivity index (χ2n) is 9.56. The fourth-order valence-electron chi connectivity index (χ4n) is 5.35. The third-order valence-electron chi connectivity index (χ3n) is 7.41. The third-order valence-corrected chi connectivity index (χ3v) is 7.41. The Morgan fingerprint density at radius 2 is 2.08 bits per heavy atom. The van der Waals surface area contributed by atoms with Crippen molar-refractivity contribution < 1.29 is 29.3 Å². The summed E-state index contributed by atoms with van der Waals surface area (Å²) in [7, 11) is 0. The molecule has 3 heterocycles. The van der Waals surface area contributed by atoms with Crippen LogP contribution in [0.1, 0.15) is 44.6 Å². The van der Waals surface area contributed by atoms with E-state index < -0.39 is 11.9 Å². The zero-order chi connectivity index (χ0) is 25.7. The predicted octanol–water partition coefficient (Wildman–Crippen LogP) is 2.18. The molecule has 0 bridgehead atoms. The number of carboxylic acids is 1. The van der Waals surface area contributed by atoms with Crippen molar-refractivity contribution in [2.45, 2.75) is 57.7 Å². The number of fused-ring (bicyclic) bond motifs is 1. The Balaban J connectivity index is 1.60. The number of aliphatic hydroxyl groups excluding tert-OH is 1. The second kappa shape index (κ2) is 11.7. The van der Waals surface area contributed by atoms with Gasteiger partial charge in [-0.1, -0.05) is 13.0 Å². The van der Waals surface area contributed by atoms with Gasteiger partial charge in [0, 0.05) is 56.6 Å². The van der Waals surface area contributed by atoms with Crippen molar-refractivity contribution in [3.63, 3.8) is 0 Å². The molecule has 0 aliphatic carbocycles. The lowest BCUT2D eigenvalue weighted by atomic mass is 9.84. The molecule has 10 nitrogen and oxygen atoms in total. The number of aryl methyl sites for hydroxylation is 1. The van der Waals surface area contributed by atoms with Gasteiger partial charge in [-0.3, -0.25) is 19.2 Å². The topological polar surface area (TPSA) is 117 Å². The van der Waals surface area contributed by atoms with E-state index >= 15 is 0 Å². The quantitative estimate of drug-likeness (QED) is 0.455. The van der Waals surface area contributed by atoms with E-state index in [4.69, 9.17) is 9.47 Å².